The SMILES string of the molecule is O=C(c1cc(=O)c2ccccc2[nH]1)N1CCC(O)C1. The Morgan fingerprint density at radius 3 is 2.89 bits per heavy atom. The van der Waals surface area contributed by atoms with Gasteiger partial charge in [-0.25, -0.2) is 0 Å². The summed E-state index contributed by atoms with van der Waals surface area (Å²) in [5.74, 6) is -0.237. The fourth-order valence-electron chi connectivity index (χ4n) is 2.41. The van der Waals surface area contributed by atoms with Crippen molar-refractivity contribution in [1.82, 2.24) is 9.88 Å². The molecule has 2 heterocycles. The Morgan fingerprint density at radius 1 is 1.37 bits per heavy atom. The smallest absolute Gasteiger partial charge is 0.270 e. The second-order valence-corrected chi connectivity index (χ2v) is 4.79. The van der Waals surface area contributed by atoms with Crippen molar-refractivity contribution >= 4 is 16.8 Å². The lowest BCUT2D eigenvalue weighted by Crippen LogP contribution is -2.31. The number of aliphatic hydroxyl groups is 1. The first-order valence-corrected chi connectivity index (χ1v) is 6.24. The molecule has 98 valence electrons. The predicted molar refractivity (Wildman–Crippen MR) is 71.1 cm³/mol. The van der Waals surface area contributed by atoms with Gasteiger partial charge < -0.3 is 15.0 Å². The number of likely N-dealkylation sites (tertiary alicyclic amines) is 1. The van der Waals surface area contributed by atoms with Gasteiger partial charge in [-0.1, -0.05) is 12.1 Å². The number of hydrogen-bond acceptors (Lipinski definition) is 3. The van der Waals surface area contributed by atoms with Gasteiger partial charge >= 0.3 is 0 Å². The zero-order valence-corrected chi connectivity index (χ0v) is 10.3. The van der Waals surface area contributed by atoms with E-state index in [9.17, 15) is 14.7 Å². The number of β-amino-alcohol motifs (C(OH)–C–C–N with tert-alkyl or cyclic N) is 1. The van der Waals surface area contributed by atoms with Gasteiger partial charge in [0.1, 0.15) is 5.69 Å². The van der Waals surface area contributed by atoms with Crippen molar-refractivity contribution in [2.45, 2.75) is 12.5 Å². The molecule has 1 unspecified atom stereocenters. The number of fused-ring (bicyclic) bond motifs is 1. The third kappa shape index (κ3) is 2.13. The number of carbonyl (C=O) groups excluding carboxylic acids is 1. The number of H-pyrrole nitrogens is 1. The van der Waals surface area contributed by atoms with Gasteiger partial charge in [0.2, 0.25) is 0 Å². The number of pyridine rings is 1. The minimum absolute atomic E-state index is 0.169. The monoisotopic (exact) mass is 258 g/mol. The van der Waals surface area contributed by atoms with Crippen LogP contribution in [0.3, 0.4) is 0 Å². The first kappa shape index (κ1) is 11.9. The van der Waals surface area contributed by atoms with Crippen LogP contribution in [0.1, 0.15) is 16.9 Å². The summed E-state index contributed by atoms with van der Waals surface area (Å²) in [6.07, 6.45) is 0.125. The Kier molecular flexibility index (Phi) is 2.83. The fourth-order valence-corrected chi connectivity index (χ4v) is 2.41. The number of aromatic amines is 1. The molecule has 0 aliphatic carbocycles. The highest BCUT2D eigenvalue weighted by Crippen LogP contribution is 2.13. The van der Waals surface area contributed by atoms with E-state index in [1.165, 1.54) is 6.07 Å². The largest absolute Gasteiger partial charge is 0.391 e. The summed E-state index contributed by atoms with van der Waals surface area (Å²) in [6, 6.07) is 8.42. The van der Waals surface area contributed by atoms with Crippen molar-refractivity contribution in [2.24, 2.45) is 0 Å². The van der Waals surface area contributed by atoms with Crippen molar-refractivity contribution in [2.75, 3.05) is 13.1 Å². The number of rotatable bonds is 1. The van der Waals surface area contributed by atoms with Crippen molar-refractivity contribution < 1.29 is 9.90 Å². The van der Waals surface area contributed by atoms with Crippen LogP contribution in [0.4, 0.5) is 0 Å². The molecule has 1 amide bonds. The average molecular weight is 258 g/mol. The Hall–Kier alpha value is -2.14. The Labute approximate surface area is 109 Å². The molecule has 0 spiro atoms. The zero-order valence-electron chi connectivity index (χ0n) is 10.3. The average Bonchev–Trinajstić information content (AvgIpc) is 2.84. The summed E-state index contributed by atoms with van der Waals surface area (Å²) < 4.78 is 0. The molecular weight excluding hydrogens is 244 g/mol. The van der Waals surface area contributed by atoms with E-state index in [-0.39, 0.29) is 17.0 Å². The van der Waals surface area contributed by atoms with E-state index in [0.29, 0.717) is 30.4 Å². The second kappa shape index (κ2) is 4.51. The van der Waals surface area contributed by atoms with E-state index in [2.05, 4.69) is 4.98 Å². The second-order valence-electron chi connectivity index (χ2n) is 4.79. The molecule has 2 aromatic rings. The van der Waals surface area contributed by atoms with Crippen LogP contribution in [-0.2, 0) is 0 Å². The number of hydrogen-bond donors (Lipinski definition) is 2. The van der Waals surface area contributed by atoms with E-state index in [0.717, 1.165) is 0 Å². The molecule has 1 saturated heterocycles. The molecule has 19 heavy (non-hydrogen) atoms. The molecule has 5 heteroatoms. The lowest BCUT2D eigenvalue weighted by molar-refractivity contribution is 0.0759. The Bertz CT molecular complexity index is 692. The Balaban J connectivity index is 2.01. The molecule has 5 nitrogen and oxygen atoms in total. The molecule has 1 fully saturated rings. The molecule has 1 atom stereocenters. The summed E-state index contributed by atoms with van der Waals surface area (Å²) in [7, 11) is 0. The standard InChI is InChI=1S/C14H14N2O3/c17-9-5-6-16(8-9)14(19)12-7-13(18)10-3-1-2-4-11(10)15-12/h1-4,7,9,17H,5-6,8H2,(H,15,18). The molecule has 2 N–H and O–H groups in total. The number of amides is 1. The number of carbonyl (C=O) groups is 1. The van der Waals surface area contributed by atoms with Crippen molar-refractivity contribution in [3.05, 3.63) is 46.2 Å². The summed E-state index contributed by atoms with van der Waals surface area (Å²) in [5, 5.41) is 10.0. The van der Waals surface area contributed by atoms with Gasteiger partial charge in [-0.2, -0.15) is 0 Å². The van der Waals surface area contributed by atoms with Gasteiger partial charge in [0.05, 0.1) is 6.10 Å². The number of aliphatic hydroxyl groups excluding tert-OH is 1. The molecule has 0 bridgehead atoms. The summed E-state index contributed by atoms with van der Waals surface area (Å²) in [4.78, 5) is 28.7. The highest BCUT2D eigenvalue weighted by Gasteiger charge is 2.26. The van der Waals surface area contributed by atoms with Crippen LogP contribution >= 0.6 is 0 Å². The van der Waals surface area contributed by atoms with E-state index in [1.807, 2.05) is 6.07 Å². The first-order valence-electron chi connectivity index (χ1n) is 6.24. The minimum Gasteiger partial charge on any atom is -0.391 e. The number of benzene rings is 1. The molecule has 1 aromatic carbocycles. The maximum absolute atomic E-state index is 12.2. The molecule has 0 saturated carbocycles. The topological polar surface area (TPSA) is 73.4 Å². The van der Waals surface area contributed by atoms with Crippen LogP contribution in [0.2, 0.25) is 0 Å². The van der Waals surface area contributed by atoms with Crippen LogP contribution in [-0.4, -0.2) is 40.1 Å². The number of nitrogens with zero attached hydrogens (tertiary/aromatic N) is 1. The summed E-state index contributed by atoms with van der Waals surface area (Å²) in [5.41, 5.74) is 0.758. The lowest BCUT2D eigenvalue weighted by Gasteiger charge is -2.15. The van der Waals surface area contributed by atoms with Gasteiger partial charge in [0, 0.05) is 30.1 Å². The van der Waals surface area contributed by atoms with Gasteiger partial charge in [-0.15, -0.1) is 0 Å². The molecular formula is C14H14N2O3. The predicted octanol–water partition coefficient (Wildman–Crippen LogP) is 0.735. The van der Waals surface area contributed by atoms with Crippen molar-refractivity contribution in [3.8, 4) is 0 Å². The molecule has 1 aliphatic rings. The highest BCUT2D eigenvalue weighted by atomic mass is 16.3. The first-order chi connectivity index (χ1) is 9.15. The van der Waals surface area contributed by atoms with Gasteiger partial charge in [0.25, 0.3) is 5.91 Å². The van der Waals surface area contributed by atoms with Gasteiger partial charge in [-0.3, -0.25) is 9.59 Å². The van der Waals surface area contributed by atoms with Crippen LogP contribution in [0.15, 0.2) is 35.1 Å². The van der Waals surface area contributed by atoms with E-state index < -0.39 is 6.10 Å². The molecule has 3 rings (SSSR count). The zero-order chi connectivity index (χ0) is 13.4. The number of nitrogens with one attached hydrogen (secondary N) is 1. The normalized spacial score (nSPS) is 19.0. The molecule has 1 aromatic heterocycles. The van der Waals surface area contributed by atoms with Crippen molar-refractivity contribution in [1.29, 1.82) is 0 Å². The van der Waals surface area contributed by atoms with E-state index in [4.69, 9.17) is 0 Å². The van der Waals surface area contributed by atoms with Gasteiger partial charge in [-0.05, 0) is 18.6 Å². The maximum atomic E-state index is 12.2. The van der Waals surface area contributed by atoms with Crippen LogP contribution in [0, 0.1) is 0 Å². The van der Waals surface area contributed by atoms with Gasteiger partial charge in [0.15, 0.2) is 5.43 Å². The molecule has 1 aliphatic heterocycles. The third-order valence-electron chi connectivity index (χ3n) is 3.42. The maximum Gasteiger partial charge on any atom is 0.270 e. The molecule has 0 radical (unpaired) electrons. The van der Waals surface area contributed by atoms with E-state index >= 15 is 0 Å². The quantitative estimate of drug-likeness (QED) is 0.792. The highest BCUT2D eigenvalue weighted by molar-refractivity contribution is 5.95. The number of aromatic nitrogens is 1. The van der Waals surface area contributed by atoms with Crippen LogP contribution in [0.5, 0.6) is 0 Å². The Morgan fingerprint density at radius 2 is 2.16 bits per heavy atom. The lowest BCUT2D eigenvalue weighted by atomic mass is 10.2. The summed E-state index contributed by atoms with van der Waals surface area (Å²) >= 11 is 0. The van der Waals surface area contributed by atoms with Crippen molar-refractivity contribution in [3.63, 3.8) is 0 Å². The fraction of sp³-hybridized carbons (Fsp3) is 0.286. The minimum atomic E-state index is -0.462. The third-order valence-corrected chi connectivity index (χ3v) is 3.42. The number of para-hydroxylation sites is 1. The van der Waals surface area contributed by atoms with Crippen LogP contribution < -0.4 is 5.43 Å². The summed E-state index contributed by atoms with van der Waals surface area (Å²) in [6.45, 7) is 0.850. The van der Waals surface area contributed by atoms with E-state index in [1.54, 1.807) is 23.1 Å². The van der Waals surface area contributed by atoms with Crippen LogP contribution in [0.25, 0.3) is 10.9 Å².